The molecule has 2 amide bonds. The van der Waals surface area contributed by atoms with Crippen LogP contribution < -0.4 is 5.32 Å². The number of hydrogen-bond donors (Lipinski definition) is 1. The zero-order chi connectivity index (χ0) is 20.4. The van der Waals surface area contributed by atoms with Crippen LogP contribution in [0.1, 0.15) is 16.7 Å². The van der Waals surface area contributed by atoms with Gasteiger partial charge in [-0.05, 0) is 43.2 Å². The molecule has 0 unspecified atom stereocenters. The molecule has 0 aromatic heterocycles. The van der Waals surface area contributed by atoms with Crippen molar-refractivity contribution in [1.29, 1.82) is 0 Å². The molecule has 1 heterocycles. The van der Waals surface area contributed by atoms with Crippen LogP contribution >= 0.6 is 23.2 Å². The number of hydrogen-bond acceptors (Lipinski definition) is 4. The van der Waals surface area contributed by atoms with E-state index in [-0.39, 0.29) is 24.4 Å². The lowest BCUT2D eigenvalue weighted by Crippen LogP contribution is -2.35. The Labute approximate surface area is 173 Å². The molecule has 7 heteroatoms. The number of ether oxygens (including phenoxy) is 1. The maximum Gasteiger partial charge on any atom is 0.278 e. The Morgan fingerprint density at radius 3 is 2.50 bits per heavy atom. The third kappa shape index (κ3) is 3.78. The van der Waals surface area contributed by atoms with Crippen LogP contribution in [0.5, 0.6) is 0 Å². The first-order chi connectivity index (χ1) is 13.3. The number of halogens is 2. The van der Waals surface area contributed by atoms with Crippen molar-refractivity contribution >= 4 is 46.3 Å². The van der Waals surface area contributed by atoms with Crippen LogP contribution in [-0.2, 0) is 14.3 Å². The number of carbonyl (C=O) groups excluding carboxylic acids is 2. The van der Waals surface area contributed by atoms with Gasteiger partial charge < -0.3 is 10.1 Å². The third-order valence-corrected chi connectivity index (χ3v) is 5.30. The van der Waals surface area contributed by atoms with Crippen molar-refractivity contribution in [2.45, 2.75) is 13.8 Å². The number of carbonyl (C=O) groups is 2. The number of nitrogens with zero attached hydrogens (tertiary/aromatic N) is 1. The molecule has 0 atom stereocenters. The van der Waals surface area contributed by atoms with Crippen molar-refractivity contribution in [1.82, 2.24) is 4.90 Å². The smallest absolute Gasteiger partial charge is 0.278 e. The van der Waals surface area contributed by atoms with Crippen molar-refractivity contribution in [3.8, 4) is 0 Å². The van der Waals surface area contributed by atoms with Crippen LogP contribution in [0.15, 0.2) is 42.1 Å². The summed E-state index contributed by atoms with van der Waals surface area (Å²) in [6.07, 6.45) is 0. The maximum atomic E-state index is 13.1. The molecule has 0 radical (unpaired) electrons. The molecule has 0 fully saturated rings. The summed E-state index contributed by atoms with van der Waals surface area (Å²) >= 11 is 12.3. The summed E-state index contributed by atoms with van der Waals surface area (Å²) in [6.45, 7) is 4.34. The highest BCUT2D eigenvalue weighted by Gasteiger charge is 2.39. The van der Waals surface area contributed by atoms with Crippen molar-refractivity contribution in [3.05, 3.63) is 68.8 Å². The van der Waals surface area contributed by atoms with Gasteiger partial charge in [-0.2, -0.15) is 0 Å². The molecule has 0 saturated carbocycles. The Bertz CT molecular complexity index is 986. The van der Waals surface area contributed by atoms with Crippen molar-refractivity contribution < 1.29 is 14.3 Å². The predicted molar refractivity (Wildman–Crippen MR) is 112 cm³/mol. The molecule has 5 nitrogen and oxygen atoms in total. The Balaban J connectivity index is 2.12. The minimum Gasteiger partial charge on any atom is -0.383 e. The van der Waals surface area contributed by atoms with Crippen molar-refractivity contribution in [2.24, 2.45) is 0 Å². The largest absolute Gasteiger partial charge is 0.383 e. The maximum absolute atomic E-state index is 13.1. The van der Waals surface area contributed by atoms with Crippen LogP contribution in [0.25, 0.3) is 5.57 Å². The highest BCUT2D eigenvalue weighted by atomic mass is 35.5. The fourth-order valence-electron chi connectivity index (χ4n) is 3.04. The Morgan fingerprint density at radius 1 is 1.07 bits per heavy atom. The van der Waals surface area contributed by atoms with Gasteiger partial charge in [-0.1, -0.05) is 41.4 Å². The summed E-state index contributed by atoms with van der Waals surface area (Å²) in [4.78, 5) is 27.3. The Hall–Kier alpha value is -2.34. The first-order valence-electron chi connectivity index (χ1n) is 8.73. The number of benzene rings is 2. The van der Waals surface area contributed by atoms with Crippen LogP contribution in [-0.4, -0.2) is 37.0 Å². The first-order valence-corrected chi connectivity index (χ1v) is 9.48. The second-order valence-electron chi connectivity index (χ2n) is 6.50. The lowest BCUT2D eigenvalue weighted by Gasteiger charge is -2.15. The molecule has 1 N–H and O–H groups in total. The Kier molecular flexibility index (Phi) is 6.08. The number of amides is 2. The van der Waals surface area contributed by atoms with Gasteiger partial charge in [0.05, 0.1) is 23.7 Å². The molecular formula is C21H20Cl2N2O3. The minimum absolute atomic E-state index is 0.154. The van der Waals surface area contributed by atoms with E-state index in [0.717, 1.165) is 21.7 Å². The zero-order valence-corrected chi connectivity index (χ0v) is 17.3. The van der Waals surface area contributed by atoms with E-state index in [9.17, 15) is 9.59 Å². The van der Waals surface area contributed by atoms with Crippen LogP contribution in [0.3, 0.4) is 0 Å². The number of nitrogens with one attached hydrogen (secondary N) is 1. The predicted octanol–water partition coefficient (Wildman–Crippen LogP) is 4.45. The summed E-state index contributed by atoms with van der Waals surface area (Å²) in [7, 11) is 1.52. The topological polar surface area (TPSA) is 58.6 Å². The molecule has 0 saturated heterocycles. The van der Waals surface area contributed by atoms with Gasteiger partial charge in [0.2, 0.25) is 0 Å². The molecule has 2 aromatic rings. The van der Waals surface area contributed by atoms with E-state index < -0.39 is 11.8 Å². The standard InChI is InChI=1S/C21H20Cl2N2O3/c1-12-5-4-6-17(13(12)2)24-19-18(15-8-7-14(22)11-16(15)23)20(26)25(21(19)27)9-10-28-3/h4-8,11,24H,9-10H2,1-3H3. The van der Waals surface area contributed by atoms with Gasteiger partial charge in [-0.15, -0.1) is 0 Å². The molecule has 0 aliphatic carbocycles. The van der Waals surface area contributed by atoms with E-state index in [1.807, 2.05) is 32.0 Å². The number of rotatable bonds is 6. The van der Waals surface area contributed by atoms with Gasteiger partial charge in [0.15, 0.2) is 0 Å². The Morgan fingerprint density at radius 2 is 1.82 bits per heavy atom. The quantitative estimate of drug-likeness (QED) is 0.703. The molecule has 0 spiro atoms. The van der Waals surface area contributed by atoms with Gasteiger partial charge in [-0.3, -0.25) is 14.5 Å². The molecule has 2 aromatic carbocycles. The van der Waals surface area contributed by atoms with E-state index in [0.29, 0.717) is 15.6 Å². The minimum atomic E-state index is -0.418. The van der Waals surface area contributed by atoms with Gasteiger partial charge in [0.1, 0.15) is 5.70 Å². The highest BCUT2D eigenvalue weighted by Crippen LogP contribution is 2.35. The molecule has 28 heavy (non-hydrogen) atoms. The highest BCUT2D eigenvalue weighted by molar-refractivity contribution is 6.41. The van der Waals surface area contributed by atoms with Gasteiger partial charge in [0.25, 0.3) is 11.8 Å². The molecular weight excluding hydrogens is 399 g/mol. The van der Waals surface area contributed by atoms with Crippen molar-refractivity contribution in [2.75, 3.05) is 25.6 Å². The molecule has 146 valence electrons. The van der Waals surface area contributed by atoms with E-state index in [4.69, 9.17) is 27.9 Å². The molecule has 3 rings (SSSR count). The van der Waals surface area contributed by atoms with Crippen LogP contribution in [0, 0.1) is 13.8 Å². The number of aryl methyl sites for hydroxylation is 1. The second-order valence-corrected chi connectivity index (χ2v) is 7.35. The monoisotopic (exact) mass is 418 g/mol. The average molecular weight is 419 g/mol. The average Bonchev–Trinajstić information content (AvgIpc) is 2.87. The van der Waals surface area contributed by atoms with Gasteiger partial charge >= 0.3 is 0 Å². The summed E-state index contributed by atoms with van der Waals surface area (Å²) in [6, 6.07) is 10.6. The first kappa shape index (κ1) is 20.4. The zero-order valence-electron chi connectivity index (χ0n) is 15.8. The summed E-state index contributed by atoms with van der Waals surface area (Å²) < 4.78 is 5.04. The summed E-state index contributed by atoms with van der Waals surface area (Å²) in [5, 5.41) is 3.92. The molecule has 1 aliphatic heterocycles. The lowest BCUT2D eigenvalue weighted by molar-refractivity contribution is -0.137. The van der Waals surface area contributed by atoms with E-state index in [1.165, 1.54) is 7.11 Å². The summed E-state index contributed by atoms with van der Waals surface area (Å²) in [5.74, 6) is -0.831. The SMILES string of the molecule is COCCN1C(=O)C(Nc2cccc(C)c2C)=C(c2ccc(Cl)cc2Cl)C1=O. The fraction of sp³-hybridized carbons (Fsp3) is 0.238. The van der Waals surface area contributed by atoms with E-state index >= 15 is 0 Å². The third-order valence-electron chi connectivity index (χ3n) is 4.75. The van der Waals surface area contributed by atoms with E-state index in [1.54, 1.807) is 18.2 Å². The van der Waals surface area contributed by atoms with Crippen molar-refractivity contribution in [3.63, 3.8) is 0 Å². The number of methoxy groups -OCH3 is 1. The lowest BCUT2D eigenvalue weighted by atomic mass is 10.0. The van der Waals surface area contributed by atoms with Crippen LogP contribution in [0.4, 0.5) is 5.69 Å². The normalized spacial score (nSPS) is 14.2. The number of imide groups is 1. The summed E-state index contributed by atoms with van der Waals surface area (Å²) in [5.41, 5.74) is 3.70. The van der Waals surface area contributed by atoms with Gasteiger partial charge in [-0.25, -0.2) is 0 Å². The molecule has 0 bridgehead atoms. The van der Waals surface area contributed by atoms with Crippen LogP contribution in [0.2, 0.25) is 10.0 Å². The molecule has 1 aliphatic rings. The second kappa shape index (κ2) is 8.35. The van der Waals surface area contributed by atoms with Gasteiger partial charge in [0, 0.05) is 23.4 Å². The number of anilines is 1. The van der Waals surface area contributed by atoms with E-state index in [2.05, 4.69) is 5.32 Å². The fourth-order valence-corrected chi connectivity index (χ4v) is 3.54.